The van der Waals surface area contributed by atoms with Crippen LogP contribution in [0.15, 0.2) is 34.1 Å². The molecule has 0 saturated heterocycles. The van der Waals surface area contributed by atoms with Crippen LogP contribution < -0.4 is 4.72 Å². The first-order chi connectivity index (χ1) is 9.20. The van der Waals surface area contributed by atoms with Gasteiger partial charge in [-0.3, -0.25) is 0 Å². The normalized spacial score (nSPS) is 14.2. The monoisotopic (exact) mass is 323 g/mol. The van der Waals surface area contributed by atoms with Crippen molar-refractivity contribution in [1.82, 2.24) is 4.72 Å². The van der Waals surface area contributed by atoms with Crippen LogP contribution in [0, 0.1) is 0 Å². The Morgan fingerprint density at radius 3 is 2.05 bits per heavy atom. The summed E-state index contributed by atoms with van der Waals surface area (Å²) in [5, 5.41) is 9.03. The molecule has 1 unspecified atom stereocenters. The molecule has 0 amide bonds. The fraction of sp³-hybridized carbons (Fsp3) is 0.455. The molecule has 9 heteroatoms. The molecule has 1 aromatic carbocycles. The summed E-state index contributed by atoms with van der Waals surface area (Å²) in [5.41, 5.74) is 0. The fourth-order valence-electron chi connectivity index (χ4n) is 1.48. The Morgan fingerprint density at radius 1 is 1.15 bits per heavy atom. The summed E-state index contributed by atoms with van der Waals surface area (Å²) in [7, 11) is -5.83. The molecule has 0 aliphatic carbocycles. The Labute approximate surface area is 118 Å². The average Bonchev–Trinajstić information content (AvgIpc) is 2.37. The Morgan fingerprint density at radius 2 is 1.65 bits per heavy atom. The van der Waals surface area contributed by atoms with Gasteiger partial charge in [-0.25, -0.2) is 21.6 Å². The van der Waals surface area contributed by atoms with Gasteiger partial charge in [0.15, 0.2) is 9.84 Å². The van der Waals surface area contributed by atoms with Crippen molar-refractivity contribution in [2.45, 2.75) is 15.8 Å². The summed E-state index contributed by atoms with van der Waals surface area (Å²) >= 11 is 0. The maximum Gasteiger partial charge on any atom is 0.240 e. The van der Waals surface area contributed by atoms with E-state index < -0.39 is 32.5 Å². The van der Waals surface area contributed by atoms with E-state index in [4.69, 9.17) is 9.84 Å². The minimum Gasteiger partial charge on any atom is -0.395 e. The highest BCUT2D eigenvalue weighted by molar-refractivity contribution is 7.90. The maximum atomic E-state index is 12.0. The van der Waals surface area contributed by atoms with Gasteiger partial charge in [-0.05, 0) is 24.3 Å². The van der Waals surface area contributed by atoms with E-state index in [1.807, 2.05) is 0 Å². The van der Waals surface area contributed by atoms with Gasteiger partial charge in [0.2, 0.25) is 10.0 Å². The minimum atomic E-state index is -3.84. The molecule has 1 atom stereocenters. The summed E-state index contributed by atoms with van der Waals surface area (Å²) in [6.45, 7) is -0.383. The standard InChI is InChI=1S/C11H17NO6S2/c1-18-8-9(7-13)12-20(16,17)11-5-3-10(4-6-11)19(2,14)15/h3-6,9,12-13H,7-8H2,1-2H3. The van der Waals surface area contributed by atoms with Crippen LogP contribution in [0.4, 0.5) is 0 Å². The number of sulfonamides is 1. The molecule has 0 aromatic heterocycles. The number of hydrogen-bond acceptors (Lipinski definition) is 6. The highest BCUT2D eigenvalue weighted by Crippen LogP contribution is 2.14. The van der Waals surface area contributed by atoms with Crippen molar-refractivity contribution in [3.05, 3.63) is 24.3 Å². The van der Waals surface area contributed by atoms with E-state index in [9.17, 15) is 16.8 Å². The van der Waals surface area contributed by atoms with Crippen LogP contribution in [0.1, 0.15) is 0 Å². The molecule has 1 rings (SSSR count). The van der Waals surface area contributed by atoms with Crippen LogP contribution >= 0.6 is 0 Å². The number of nitrogens with one attached hydrogen (secondary N) is 1. The number of methoxy groups -OCH3 is 1. The fourth-order valence-corrected chi connectivity index (χ4v) is 3.32. The molecule has 20 heavy (non-hydrogen) atoms. The van der Waals surface area contributed by atoms with Gasteiger partial charge in [0.1, 0.15) is 0 Å². The van der Waals surface area contributed by atoms with Crippen molar-refractivity contribution in [2.75, 3.05) is 26.6 Å². The van der Waals surface area contributed by atoms with E-state index >= 15 is 0 Å². The zero-order chi connectivity index (χ0) is 15.4. The molecule has 0 saturated carbocycles. The SMILES string of the molecule is COCC(CO)NS(=O)(=O)c1ccc(S(C)(=O)=O)cc1. The van der Waals surface area contributed by atoms with Crippen molar-refractivity contribution in [1.29, 1.82) is 0 Å². The number of hydrogen-bond donors (Lipinski definition) is 2. The summed E-state index contributed by atoms with van der Waals surface area (Å²) in [4.78, 5) is -0.0495. The van der Waals surface area contributed by atoms with Crippen LogP contribution in [0.5, 0.6) is 0 Å². The van der Waals surface area contributed by atoms with E-state index in [0.29, 0.717) is 0 Å². The van der Waals surface area contributed by atoms with Gasteiger partial charge < -0.3 is 9.84 Å². The zero-order valence-electron chi connectivity index (χ0n) is 11.1. The minimum absolute atomic E-state index is 0.0250. The largest absolute Gasteiger partial charge is 0.395 e. The van der Waals surface area contributed by atoms with Crippen molar-refractivity contribution in [2.24, 2.45) is 0 Å². The van der Waals surface area contributed by atoms with E-state index in [2.05, 4.69) is 4.72 Å². The van der Waals surface area contributed by atoms with E-state index in [1.54, 1.807) is 0 Å². The van der Waals surface area contributed by atoms with Gasteiger partial charge in [0.25, 0.3) is 0 Å². The van der Waals surface area contributed by atoms with Gasteiger partial charge in [0, 0.05) is 13.4 Å². The summed E-state index contributed by atoms with van der Waals surface area (Å²) < 4.78 is 53.6. The topological polar surface area (TPSA) is 110 Å². The van der Waals surface area contributed by atoms with Crippen LogP contribution in [-0.2, 0) is 24.6 Å². The number of ether oxygens (including phenoxy) is 1. The second-order valence-corrected chi connectivity index (χ2v) is 7.93. The van der Waals surface area contributed by atoms with Gasteiger partial charge in [-0.2, -0.15) is 0 Å². The zero-order valence-corrected chi connectivity index (χ0v) is 12.7. The second kappa shape index (κ2) is 6.64. The van der Waals surface area contributed by atoms with Crippen molar-refractivity contribution >= 4 is 19.9 Å². The summed E-state index contributed by atoms with van der Waals surface area (Å²) in [5.74, 6) is 0. The molecule has 0 aliphatic heterocycles. The third-order valence-electron chi connectivity index (χ3n) is 2.47. The number of sulfone groups is 1. The van der Waals surface area contributed by atoms with Gasteiger partial charge in [-0.1, -0.05) is 0 Å². The molecular weight excluding hydrogens is 306 g/mol. The first kappa shape index (κ1) is 17.1. The third kappa shape index (κ3) is 4.53. The molecule has 1 aromatic rings. The number of aliphatic hydroxyl groups is 1. The third-order valence-corrected chi connectivity index (χ3v) is 5.14. The molecule has 0 spiro atoms. The van der Waals surface area contributed by atoms with Crippen LogP contribution in [0.3, 0.4) is 0 Å². The number of rotatable bonds is 7. The molecule has 0 heterocycles. The van der Waals surface area contributed by atoms with Gasteiger partial charge >= 0.3 is 0 Å². The Kier molecular flexibility index (Phi) is 5.66. The first-order valence-corrected chi connectivity index (χ1v) is 9.00. The molecule has 7 nitrogen and oxygen atoms in total. The second-order valence-electron chi connectivity index (χ2n) is 4.20. The predicted molar refractivity (Wildman–Crippen MR) is 72.6 cm³/mol. The predicted octanol–water partition coefficient (Wildman–Crippen LogP) is -0.624. The molecule has 0 radical (unpaired) electrons. The lowest BCUT2D eigenvalue weighted by atomic mass is 10.4. The molecule has 0 fully saturated rings. The van der Waals surface area contributed by atoms with Crippen LogP contribution in [0.25, 0.3) is 0 Å². The van der Waals surface area contributed by atoms with E-state index in [1.165, 1.54) is 31.4 Å². The molecule has 0 bridgehead atoms. The van der Waals surface area contributed by atoms with Crippen molar-refractivity contribution in [3.63, 3.8) is 0 Å². The van der Waals surface area contributed by atoms with Crippen molar-refractivity contribution < 1.29 is 26.7 Å². The Bertz CT molecular complexity index is 636. The smallest absolute Gasteiger partial charge is 0.240 e. The van der Waals surface area contributed by atoms with E-state index in [-0.39, 0.29) is 16.4 Å². The molecular formula is C11H17NO6S2. The lowest BCUT2D eigenvalue weighted by Gasteiger charge is -2.15. The first-order valence-electron chi connectivity index (χ1n) is 5.63. The van der Waals surface area contributed by atoms with Crippen LogP contribution in [-0.4, -0.2) is 54.6 Å². The summed E-state index contributed by atoms with van der Waals surface area (Å²) in [6.07, 6.45) is 1.04. The summed E-state index contributed by atoms with van der Waals surface area (Å²) in [6, 6.07) is 4.06. The number of aliphatic hydroxyl groups excluding tert-OH is 1. The van der Waals surface area contributed by atoms with Gasteiger partial charge in [-0.15, -0.1) is 0 Å². The lowest BCUT2D eigenvalue weighted by Crippen LogP contribution is -2.40. The highest BCUT2D eigenvalue weighted by atomic mass is 32.2. The quantitative estimate of drug-likeness (QED) is 0.692. The maximum absolute atomic E-state index is 12.0. The molecule has 2 N–H and O–H groups in total. The Balaban J connectivity index is 2.99. The molecule has 114 valence electrons. The van der Waals surface area contributed by atoms with Crippen molar-refractivity contribution in [3.8, 4) is 0 Å². The van der Waals surface area contributed by atoms with Crippen LogP contribution in [0.2, 0.25) is 0 Å². The lowest BCUT2D eigenvalue weighted by molar-refractivity contribution is 0.139. The van der Waals surface area contributed by atoms with Gasteiger partial charge in [0.05, 0.1) is 29.0 Å². The average molecular weight is 323 g/mol. The highest BCUT2D eigenvalue weighted by Gasteiger charge is 2.20. The molecule has 0 aliphatic rings. The van der Waals surface area contributed by atoms with E-state index in [0.717, 1.165) is 6.26 Å². The number of benzene rings is 1. The Hall–Kier alpha value is -1.00.